The Morgan fingerprint density at radius 2 is 2.46 bits per heavy atom. The van der Waals surface area contributed by atoms with E-state index in [0.717, 1.165) is 19.5 Å². The molecule has 0 saturated carbocycles. The maximum atomic E-state index is 11.1. The number of nitrogens with one attached hydrogen (secondary N) is 2. The summed E-state index contributed by atoms with van der Waals surface area (Å²) in [6, 6.07) is 0.147. The molecule has 1 rings (SSSR count). The molecular weight excluding hydrogens is 168 g/mol. The molecule has 2 N–H and O–H groups in total. The normalized spacial score (nSPS) is 21.9. The van der Waals surface area contributed by atoms with Crippen LogP contribution >= 0.6 is 0 Å². The Morgan fingerprint density at radius 3 is 3.00 bits per heavy atom. The smallest absolute Gasteiger partial charge is 0.407 e. The third-order valence-electron chi connectivity index (χ3n) is 2.02. The van der Waals surface area contributed by atoms with Gasteiger partial charge in [-0.25, -0.2) is 4.79 Å². The van der Waals surface area contributed by atoms with Crippen molar-refractivity contribution < 1.29 is 9.53 Å². The second-order valence-electron chi connectivity index (χ2n) is 3.76. The van der Waals surface area contributed by atoms with E-state index in [4.69, 9.17) is 4.74 Å². The lowest BCUT2D eigenvalue weighted by molar-refractivity contribution is 0.128. The highest BCUT2D eigenvalue weighted by Crippen LogP contribution is 2.07. The Hall–Kier alpha value is -0.770. The van der Waals surface area contributed by atoms with Crippen LogP contribution in [0.4, 0.5) is 4.79 Å². The molecule has 1 aliphatic heterocycles. The average molecular weight is 186 g/mol. The summed E-state index contributed by atoms with van der Waals surface area (Å²) in [7, 11) is 0. The molecule has 0 radical (unpaired) electrons. The second kappa shape index (κ2) is 5.07. The second-order valence-corrected chi connectivity index (χ2v) is 3.76. The minimum Gasteiger partial charge on any atom is -0.449 e. The summed E-state index contributed by atoms with van der Waals surface area (Å²) in [6.45, 7) is 6.37. The number of ether oxygens (including phenoxy) is 1. The van der Waals surface area contributed by atoms with E-state index >= 15 is 0 Å². The number of carbonyl (C=O) groups excluding carboxylic acids is 1. The zero-order valence-electron chi connectivity index (χ0n) is 8.30. The lowest BCUT2D eigenvalue weighted by Crippen LogP contribution is -2.32. The van der Waals surface area contributed by atoms with Crippen LogP contribution < -0.4 is 10.6 Å². The SMILES string of the molecule is CC(C)NC(=O)OCC1CCNC1. The van der Waals surface area contributed by atoms with Gasteiger partial charge >= 0.3 is 6.09 Å². The standard InChI is InChI=1S/C9H18N2O2/c1-7(2)11-9(12)13-6-8-3-4-10-5-8/h7-8,10H,3-6H2,1-2H3,(H,11,12). The zero-order chi connectivity index (χ0) is 9.68. The van der Waals surface area contributed by atoms with Crippen molar-refractivity contribution in [3.05, 3.63) is 0 Å². The van der Waals surface area contributed by atoms with Gasteiger partial charge in [-0.3, -0.25) is 0 Å². The molecule has 4 heteroatoms. The van der Waals surface area contributed by atoms with Gasteiger partial charge in [0, 0.05) is 18.5 Å². The van der Waals surface area contributed by atoms with Crippen LogP contribution in [0.1, 0.15) is 20.3 Å². The molecule has 13 heavy (non-hydrogen) atoms. The highest BCUT2D eigenvalue weighted by Gasteiger charge is 2.16. The Balaban J connectivity index is 2.07. The van der Waals surface area contributed by atoms with Gasteiger partial charge in [-0.2, -0.15) is 0 Å². The van der Waals surface area contributed by atoms with Crippen LogP contribution in [0.5, 0.6) is 0 Å². The first-order chi connectivity index (χ1) is 6.18. The minimum absolute atomic E-state index is 0.147. The predicted octanol–water partition coefficient (Wildman–Crippen LogP) is 0.730. The molecule has 1 fully saturated rings. The van der Waals surface area contributed by atoms with Crippen LogP contribution in [-0.4, -0.2) is 31.8 Å². The fraction of sp³-hybridized carbons (Fsp3) is 0.889. The number of alkyl carbamates (subject to hydrolysis) is 1. The van der Waals surface area contributed by atoms with E-state index in [1.165, 1.54) is 0 Å². The third kappa shape index (κ3) is 4.12. The van der Waals surface area contributed by atoms with Gasteiger partial charge in [0.15, 0.2) is 0 Å². The number of rotatable bonds is 3. The van der Waals surface area contributed by atoms with Gasteiger partial charge < -0.3 is 15.4 Å². The van der Waals surface area contributed by atoms with E-state index in [-0.39, 0.29) is 12.1 Å². The maximum absolute atomic E-state index is 11.1. The van der Waals surface area contributed by atoms with Crippen molar-refractivity contribution in [3.63, 3.8) is 0 Å². The highest BCUT2D eigenvalue weighted by molar-refractivity contribution is 5.67. The topological polar surface area (TPSA) is 50.4 Å². The van der Waals surface area contributed by atoms with Crippen molar-refractivity contribution in [1.82, 2.24) is 10.6 Å². The van der Waals surface area contributed by atoms with E-state index in [0.29, 0.717) is 12.5 Å². The van der Waals surface area contributed by atoms with Crippen LogP contribution in [0.3, 0.4) is 0 Å². The van der Waals surface area contributed by atoms with Crippen LogP contribution in [0.2, 0.25) is 0 Å². The Morgan fingerprint density at radius 1 is 1.69 bits per heavy atom. The van der Waals surface area contributed by atoms with Crippen molar-refractivity contribution in [3.8, 4) is 0 Å². The van der Waals surface area contributed by atoms with Crippen molar-refractivity contribution in [2.45, 2.75) is 26.3 Å². The predicted molar refractivity (Wildman–Crippen MR) is 50.6 cm³/mol. The highest BCUT2D eigenvalue weighted by atomic mass is 16.5. The van der Waals surface area contributed by atoms with Gasteiger partial charge in [-0.15, -0.1) is 0 Å². The molecule has 0 aromatic carbocycles. The van der Waals surface area contributed by atoms with Crippen LogP contribution in [0, 0.1) is 5.92 Å². The summed E-state index contributed by atoms with van der Waals surface area (Å²) >= 11 is 0. The third-order valence-corrected chi connectivity index (χ3v) is 2.02. The largest absolute Gasteiger partial charge is 0.449 e. The molecule has 1 amide bonds. The Bertz CT molecular complexity index is 165. The van der Waals surface area contributed by atoms with Gasteiger partial charge in [0.05, 0.1) is 6.61 Å². The van der Waals surface area contributed by atoms with Crippen LogP contribution in [0.25, 0.3) is 0 Å². The number of hydrogen-bond donors (Lipinski definition) is 2. The first kappa shape index (κ1) is 10.3. The Labute approximate surface area is 79.0 Å². The number of amides is 1. The molecule has 1 saturated heterocycles. The molecule has 1 aliphatic rings. The van der Waals surface area contributed by atoms with Crippen molar-refractivity contribution in [1.29, 1.82) is 0 Å². The fourth-order valence-electron chi connectivity index (χ4n) is 1.33. The first-order valence-corrected chi connectivity index (χ1v) is 4.82. The summed E-state index contributed by atoms with van der Waals surface area (Å²) in [5.74, 6) is 0.498. The van der Waals surface area contributed by atoms with E-state index in [1.807, 2.05) is 13.8 Å². The molecule has 1 heterocycles. The summed E-state index contributed by atoms with van der Waals surface area (Å²) in [5.41, 5.74) is 0. The minimum atomic E-state index is -0.304. The van der Waals surface area contributed by atoms with Gasteiger partial charge in [0.2, 0.25) is 0 Å². The quantitative estimate of drug-likeness (QED) is 0.683. The number of carbonyl (C=O) groups is 1. The van der Waals surface area contributed by atoms with Crippen LogP contribution in [0.15, 0.2) is 0 Å². The molecule has 0 aromatic rings. The first-order valence-electron chi connectivity index (χ1n) is 4.82. The molecular formula is C9H18N2O2. The molecule has 0 aromatic heterocycles. The molecule has 0 spiro atoms. The van der Waals surface area contributed by atoms with E-state index in [1.54, 1.807) is 0 Å². The number of hydrogen-bond acceptors (Lipinski definition) is 3. The molecule has 76 valence electrons. The van der Waals surface area contributed by atoms with Gasteiger partial charge in [-0.1, -0.05) is 0 Å². The van der Waals surface area contributed by atoms with Crippen molar-refractivity contribution in [2.24, 2.45) is 5.92 Å². The molecule has 1 unspecified atom stereocenters. The molecule has 0 bridgehead atoms. The Kier molecular flexibility index (Phi) is 4.02. The summed E-state index contributed by atoms with van der Waals surface area (Å²) < 4.78 is 5.05. The average Bonchev–Trinajstić information content (AvgIpc) is 2.51. The van der Waals surface area contributed by atoms with Crippen molar-refractivity contribution >= 4 is 6.09 Å². The zero-order valence-corrected chi connectivity index (χ0v) is 8.30. The molecule has 1 atom stereocenters. The lowest BCUT2D eigenvalue weighted by Gasteiger charge is -2.11. The van der Waals surface area contributed by atoms with E-state index in [9.17, 15) is 4.79 Å². The van der Waals surface area contributed by atoms with Gasteiger partial charge in [0.1, 0.15) is 0 Å². The summed E-state index contributed by atoms with van der Waals surface area (Å²) in [6.07, 6.45) is 0.802. The van der Waals surface area contributed by atoms with Crippen LogP contribution in [-0.2, 0) is 4.74 Å². The van der Waals surface area contributed by atoms with E-state index in [2.05, 4.69) is 10.6 Å². The maximum Gasteiger partial charge on any atom is 0.407 e. The summed E-state index contributed by atoms with van der Waals surface area (Å²) in [5, 5.41) is 5.91. The lowest BCUT2D eigenvalue weighted by atomic mass is 10.1. The fourth-order valence-corrected chi connectivity index (χ4v) is 1.33. The molecule has 0 aliphatic carbocycles. The summed E-state index contributed by atoms with van der Waals surface area (Å²) in [4.78, 5) is 11.1. The van der Waals surface area contributed by atoms with Crippen molar-refractivity contribution in [2.75, 3.05) is 19.7 Å². The van der Waals surface area contributed by atoms with Gasteiger partial charge in [0.25, 0.3) is 0 Å². The monoisotopic (exact) mass is 186 g/mol. The van der Waals surface area contributed by atoms with E-state index < -0.39 is 0 Å². The molecule has 4 nitrogen and oxygen atoms in total. The van der Waals surface area contributed by atoms with Gasteiger partial charge in [-0.05, 0) is 26.8 Å².